The number of hydrogen-bond acceptors (Lipinski definition) is 3. The second-order valence-corrected chi connectivity index (χ2v) is 6.06. The second-order valence-electron chi connectivity index (χ2n) is 6.06. The second kappa shape index (κ2) is 7.95. The summed E-state index contributed by atoms with van der Waals surface area (Å²) in [7, 11) is 0. The van der Waals surface area contributed by atoms with Gasteiger partial charge in [-0.1, -0.05) is 30.3 Å². The van der Waals surface area contributed by atoms with E-state index >= 15 is 0 Å². The van der Waals surface area contributed by atoms with Gasteiger partial charge in [-0.15, -0.1) is 12.4 Å². The molecular formula is C17H25ClN2O2. The molecule has 3 unspecified atom stereocenters. The van der Waals surface area contributed by atoms with Crippen LogP contribution in [0.15, 0.2) is 30.3 Å². The van der Waals surface area contributed by atoms with Crippen LogP contribution in [0.1, 0.15) is 31.2 Å². The third-order valence-electron chi connectivity index (χ3n) is 4.72. The normalized spacial score (nSPS) is 28.2. The van der Waals surface area contributed by atoms with Crippen LogP contribution in [0.2, 0.25) is 0 Å². The Morgan fingerprint density at radius 3 is 2.82 bits per heavy atom. The zero-order valence-corrected chi connectivity index (χ0v) is 13.8. The van der Waals surface area contributed by atoms with Crippen LogP contribution >= 0.6 is 12.4 Å². The van der Waals surface area contributed by atoms with Crippen molar-refractivity contribution >= 4 is 18.3 Å². The molecule has 5 heteroatoms. The molecule has 0 radical (unpaired) electrons. The van der Waals surface area contributed by atoms with E-state index in [4.69, 9.17) is 4.74 Å². The molecule has 0 bridgehead atoms. The number of likely N-dealkylation sites (tertiary alicyclic amines) is 1. The van der Waals surface area contributed by atoms with E-state index in [-0.39, 0.29) is 30.4 Å². The molecule has 2 heterocycles. The summed E-state index contributed by atoms with van der Waals surface area (Å²) in [5.74, 6) is 0.717. The molecule has 2 saturated heterocycles. The SMILES string of the molecule is CC1C(c2ccccc2)CCN1C(=O)CC1COCCN1.Cl. The summed E-state index contributed by atoms with van der Waals surface area (Å²) >= 11 is 0. The first-order valence-electron chi connectivity index (χ1n) is 7.91. The predicted molar refractivity (Wildman–Crippen MR) is 89.4 cm³/mol. The molecule has 0 aromatic heterocycles. The fourth-order valence-electron chi connectivity index (χ4n) is 3.52. The Balaban J connectivity index is 0.00000176. The van der Waals surface area contributed by atoms with Gasteiger partial charge in [0, 0.05) is 37.5 Å². The molecule has 0 spiro atoms. The van der Waals surface area contributed by atoms with E-state index in [1.165, 1.54) is 5.56 Å². The molecule has 2 aliphatic heterocycles. The predicted octanol–water partition coefficient (Wildman–Crippen LogP) is 2.19. The van der Waals surface area contributed by atoms with Crippen molar-refractivity contribution in [1.82, 2.24) is 10.2 Å². The van der Waals surface area contributed by atoms with Crippen molar-refractivity contribution in [3.05, 3.63) is 35.9 Å². The van der Waals surface area contributed by atoms with Crippen molar-refractivity contribution in [2.24, 2.45) is 0 Å². The van der Waals surface area contributed by atoms with E-state index in [0.29, 0.717) is 18.9 Å². The number of morpholine rings is 1. The summed E-state index contributed by atoms with van der Waals surface area (Å²) in [6, 6.07) is 11.0. The van der Waals surface area contributed by atoms with Gasteiger partial charge < -0.3 is 15.0 Å². The fraction of sp³-hybridized carbons (Fsp3) is 0.588. The molecule has 0 saturated carbocycles. The minimum atomic E-state index is 0. The number of amides is 1. The minimum Gasteiger partial charge on any atom is -0.378 e. The number of halogens is 1. The zero-order valence-electron chi connectivity index (χ0n) is 13.0. The Morgan fingerprint density at radius 2 is 2.14 bits per heavy atom. The first-order valence-corrected chi connectivity index (χ1v) is 7.91. The van der Waals surface area contributed by atoms with E-state index < -0.39 is 0 Å². The summed E-state index contributed by atoms with van der Waals surface area (Å²) in [4.78, 5) is 14.6. The summed E-state index contributed by atoms with van der Waals surface area (Å²) in [5, 5.41) is 3.36. The van der Waals surface area contributed by atoms with Crippen LogP contribution in [0.25, 0.3) is 0 Å². The number of rotatable bonds is 3. The van der Waals surface area contributed by atoms with Gasteiger partial charge in [-0.25, -0.2) is 0 Å². The van der Waals surface area contributed by atoms with Gasteiger partial charge in [-0.2, -0.15) is 0 Å². The molecule has 1 N–H and O–H groups in total. The van der Waals surface area contributed by atoms with Gasteiger partial charge in [0.25, 0.3) is 0 Å². The Bertz CT molecular complexity index is 477. The highest BCUT2D eigenvalue weighted by Crippen LogP contribution is 2.33. The van der Waals surface area contributed by atoms with E-state index in [0.717, 1.165) is 26.1 Å². The molecule has 22 heavy (non-hydrogen) atoms. The molecule has 1 aromatic rings. The zero-order chi connectivity index (χ0) is 14.7. The van der Waals surface area contributed by atoms with Crippen LogP contribution < -0.4 is 5.32 Å². The van der Waals surface area contributed by atoms with Crippen LogP contribution in [0, 0.1) is 0 Å². The third kappa shape index (κ3) is 3.80. The number of carbonyl (C=O) groups excluding carboxylic acids is 1. The molecular weight excluding hydrogens is 300 g/mol. The standard InChI is InChI=1S/C17H24N2O2.ClH/c1-13-16(14-5-3-2-4-6-14)7-9-19(13)17(20)11-15-12-21-10-8-18-15;/h2-6,13,15-16,18H,7-12H2,1H3;1H. The molecule has 2 fully saturated rings. The van der Waals surface area contributed by atoms with Crippen molar-refractivity contribution in [3.8, 4) is 0 Å². The van der Waals surface area contributed by atoms with E-state index in [1.54, 1.807) is 0 Å². The molecule has 0 aliphatic carbocycles. The molecule has 3 rings (SSSR count). The highest BCUT2D eigenvalue weighted by atomic mass is 35.5. The number of benzene rings is 1. The molecule has 1 amide bonds. The minimum absolute atomic E-state index is 0. The maximum absolute atomic E-state index is 12.5. The van der Waals surface area contributed by atoms with Gasteiger partial charge in [0.15, 0.2) is 0 Å². The van der Waals surface area contributed by atoms with Gasteiger partial charge in [0.05, 0.1) is 13.2 Å². The Hall–Kier alpha value is -1.10. The highest BCUT2D eigenvalue weighted by molar-refractivity contribution is 5.85. The summed E-state index contributed by atoms with van der Waals surface area (Å²) in [6.07, 6.45) is 1.61. The number of nitrogens with zero attached hydrogens (tertiary/aromatic N) is 1. The summed E-state index contributed by atoms with van der Waals surface area (Å²) in [6.45, 7) is 5.29. The maximum atomic E-state index is 12.5. The lowest BCUT2D eigenvalue weighted by molar-refractivity contribution is -0.133. The van der Waals surface area contributed by atoms with Crippen molar-refractivity contribution in [2.45, 2.75) is 37.8 Å². The molecule has 2 aliphatic rings. The fourth-order valence-corrected chi connectivity index (χ4v) is 3.52. The number of carbonyl (C=O) groups is 1. The molecule has 1 aromatic carbocycles. The topological polar surface area (TPSA) is 41.6 Å². The molecule has 122 valence electrons. The smallest absolute Gasteiger partial charge is 0.224 e. The highest BCUT2D eigenvalue weighted by Gasteiger charge is 2.35. The van der Waals surface area contributed by atoms with Gasteiger partial charge in [0.1, 0.15) is 0 Å². The van der Waals surface area contributed by atoms with Gasteiger partial charge in [-0.3, -0.25) is 4.79 Å². The van der Waals surface area contributed by atoms with Crippen LogP contribution in [0.4, 0.5) is 0 Å². The lowest BCUT2D eigenvalue weighted by Gasteiger charge is -2.29. The molecule has 4 nitrogen and oxygen atoms in total. The number of nitrogens with one attached hydrogen (secondary N) is 1. The average Bonchev–Trinajstić information content (AvgIpc) is 2.91. The van der Waals surface area contributed by atoms with Crippen molar-refractivity contribution < 1.29 is 9.53 Å². The van der Waals surface area contributed by atoms with Crippen LogP contribution in [0.5, 0.6) is 0 Å². The molecule has 3 atom stereocenters. The largest absolute Gasteiger partial charge is 0.378 e. The summed E-state index contributed by atoms with van der Waals surface area (Å²) < 4.78 is 5.43. The van der Waals surface area contributed by atoms with Gasteiger partial charge >= 0.3 is 0 Å². The number of hydrogen-bond donors (Lipinski definition) is 1. The van der Waals surface area contributed by atoms with E-state index in [1.807, 2.05) is 11.0 Å². The van der Waals surface area contributed by atoms with E-state index in [2.05, 4.69) is 36.5 Å². The van der Waals surface area contributed by atoms with Crippen molar-refractivity contribution in [1.29, 1.82) is 0 Å². The van der Waals surface area contributed by atoms with Crippen LogP contribution in [0.3, 0.4) is 0 Å². The van der Waals surface area contributed by atoms with Gasteiger partial charge in [-0.05, 0) is 18.9 Å². The van der Waals surface area contributed by atoms with Crippen molar-refractivity contribution in [2.75, 3.05) is 26.3 Å². The average molecular weight is 325 g/mol. The van der Waals surface area contributed by atoms with Gasteiger partial charge in [0.2, 0.25) is 5.91 Å². The summed E-state index contributed by atoms with van der Waals surface area (Å²) in [5.41, 5.74) is 1.35. The Morgan fingerprint density at radius 1 is 1.36 bits per heavy atom. The lowest BCUT2D eigenvalue weighted by atomic mass is 9.93. The first-order chi connectivity index (χ1) is 10.3. The third-order valence-corrected chi connectivity index (χ3v) is 4.72. The van der Waals surface area contributed by atoms with E-state index in [9.17, 15) is 4.79 Å². The Labute approximate surface area is 138 Å². The monoisotopic (exact) mass is 324 g/mol. The van der Waals surface area contributed by atoms with Crippen molar-refractivity contribution in [3.63, 3.8) is 0 Å². The quantitative estimate of drug-likeness (QED) is 0.926. The lowest BCUT2D eigenvalue weighted by Crippen LogP contribution is -2.46. The van der Waals surface area contributed by atoms with Crippen LogP contribution in [-0.2, 0) is 9.53 Å². The first kappa shape index (κ1) is 17.3. The number of ether oxygens (including phenoxy) is 1. The Kier molecular flexibility index (Phi) is 6.24. The van der Waals surface area contributed by atoms with Crippen LogP contribution in [-0.4, -0.2) is 49.2 Å². The maximum Gasteiger partial charge on any atom is 0.224 e.